The summed E-state index contributed by atoms with van der Waals surface area (Å²) < 4.78 is 39.5. The van der Waals surface area contributed by atoms with Crippen molar-refractivity contribution in [2.24, 2.45) is 0 Å². The van der Waals surface area contributed by atoms with E-state index in [1.54, 1.807) is 10.4 Å². The Balaban J connectivity index is 1.68. The van der Waals surface area contributed by atoms with Crippen molar-refractivity contribution in [2.45, 2.75) is 38.1 Å². The zero-order chi connectivity index (χ0) is 18.3. The molecule has 2 aliphatic heterocycles. The predicted molar refractivity (Wildman–Crippen MR) is 99.3 cm³/mol. The van der Waals surface area contributed by atoms with Crippen LogP contribution in [0.2, 0.25) is 0 Å². The van der Waals surface area contributed by atoms with Crippen molar-refractivity contribution in [1.82, 2.24) is 4.31 Å². The van der Waals surface area contributed by atoms with Gasteiger partial charge in [0.25, 0.3) is 0 Å². The van der Waals surface area contributed by atoms with Gasteiger partial charge in [0, 0.05) is 19.5 Å². The summed E-state index contributed by atoms with van der Waals surface area (Å²) in [6.45, 7) is 5.87. The van der Waals surface area contributed by atoms with Crippen LogP contribution < -0.4 is 9.47 Å². The van der Waals surface area contributed by atoms with Crippen LogP contribution >= 0.6 is 0 Å². The van der Waals surface area contributed by atoms with Crippen molar-refractivity contribution in [3.8, 4) is 11.5 Å². The third-order valence-electron chi connectivity index (χ3n) is 5.01. The van der Waals surface area contributed by atoms with Crippen LogP contribution in [0.1, 0.15) is 28.7 Å². The van der Waals surface area contributed by atoms with Gasteiger partial charge in [-0.3, -0.25) is 0 Å². The molecule has 0 bridgehead atoms. The lowest BCUT2D eigenvalue weighted by molar-refractivity contribution is 0.297. The van der Waals surface area contributed by atoms with Gasteiger partial charge in [-0.1, -0.05) is 12.1 Å². The summed E-state index contributed by atoms with van der Waals surface area (Å²) in [5, 5.41) is 0. The summed E-state index contributed by atoms with van der Waals surface area (Å²) in [4.78, 5) is 0.398. The van der Waals surface area contributed by atoms with Gasteiger partial charge in [-0.05, 0) is 60.7 Å². The zero-order valence-corrected chi connectivity index (χ0v) is 15.9. The Kier molecular flexibility index (Phi) is 4.40. The Bertz CT molecular complexity index is 953. The number of benzene rings is 2. The summed E-state index contributed by atoms with van der Waals surface area (Å²) in [5.74, 6) is 1.49. The normalized spacial score (nSPS) is 17.5. The van der Waals surface area contributed by atoms with Crippen LogP contribution in [0.15, 0.2) is 35.2 Å². The van der Waals surface area contributed by atoms with Crippen molar-refractivity contribution < 1.29 is 17.9 Å². The zero-order valence-electron chi connectivity index (χ0n) is 15.1. The summed E-state index contributed by atoms with van der Waals surface area (Å²) in [6.07, 6.45) is 1.53. The van der Waals surface area contributed by atoms with Gasteiger partial charge in [-0.15, -0.1) is 0 Å². The highest BCUT2D eigenvalue weighted by molar-refractivity contribution is 7.89. The van der Waals surface area contributed by atoms with E-state index in [9.17, 15) is 8.42 Å². The Morgan fingerprint density at radius 1 is 0.962 bits per heavy atom. The van der Waals surface area contributed by atoms with Crippen LogP contribution in [0.3, 0.4) is 0 Å². The maximum Gasteiger partial charge on any atom is 0.243 e. The Morgan fingerprint density at radius 3 is 2.38 bits per heavy atom. The molecular weight excluding hydrogens is 350 g/mol. The highest BCUT2D eigenvalue weighted by Crippen LogP contribution is 2.36. The van der Waals surface area contributed by atoms with Crippen LogP contribution in [-0.2, 0) is 23.0 Å². The van der Waals surface area contributed by atoms with Gasteiger partial charge >= 0.3 is 0 Å². The van der Waals surface area contributed by atoms with E-state index in [2.05, 4.69) is 0 Å². The van der Waals surface area contributed by atoms with Crippen molar-refractivity contribution in [3.05, 3.63) is 52.6 Å². The minimum Gasteiger partial charge on any atom is -0.490 e. The summed E-state index contributed by atoms with van der Waals surface area (Å²) in [5.41, 5.74) is 3.86. The van der Waals surface area contributed by atoms with Crippen molar-refractivity contribution >= 4 is 10.0 Å². The lowest BCUT2D eigenvalue weighted by Gasteiger charge is -2.29. The quantitative estimate of drug-likeness (QED) is 0.811. The largest absolute Gasteiger partial charge is 0.490 e. The first kappa shape index (κ1) is 17.4. The van der Waals surface area contributed by atoms with E-state index in [4.69, 9.17) is 9.47 Å². The second-order valence-electron chi connectivity index (χ2n) is 6.98. The molecule has 0 aromatic heterocycles. The number of sulfonamides is 1. The summed E-state index contributed by atoms with van der Waals surface area (Å²) >= 11 is 0. The van der Waals surface area contributed by atoms with Crippen molar-refractivity contribution in [2.75, 3.05) is 19.8 Å². The second-order valence-corrected chi connectivity index (χ2v) is 8.88. The Morgan fingerprint density at radius 2 is 1.65 bits per heavy atom. The SMILES string of the molecule is Cc1ccc(C)c(S(=O)(=O)N2CCc3cc4c(cc3C2)OCCCO4)c1. The fourth-order valence-electron chi connectivity index (χ4n) is 3.52. The molecule has 0 saturated carbocycles. The van der Waals surface area contributed by atoms with Crippen LogP contribution in [0.5, 0.6) is 11.5 Å². The van der Waals surface area contributed by atoms with E-state index in [0.29, 0.717) is 43.4 Å². The molecule has 4 rings (SSSR count). The molecule has 0 N–H and O–H groups in total. The third-order valence-corrected chi connectivity index (χ3v) is 7.00. The van der Waals surface area contributed by atoms with E-state index in [0.717, 1.165) is 34.4 Å². The van der Waals surface area contributed by atoms with Crippen LogP contribution in [0.4, 0.5) is 0 Å². The number of nitrogens with zero attached hydrogens (tertiary/aromatic N) is 1. The molecule has 6 heteroatoms. The second kappa shape index (κ2) is 6.59. The van der Waals surface area contributed by atoms with Gasteiger partial charge in [0.15, 0.2) is 11.5 Å². The highest BCUT2D eigenvalue weighted by atomic mass is 32.2. The molecule has 0 saturated heterocycles. The first-order chi connectivity index (χ1) is 12.4. The molecule has 0 radical (unpaired) electrons. The first-order valence-corrected chi connectivity index (χ1v) is 10.4. The van der Waals surface area contributed by atoms with Gasteiger partial charge in [-0.25, -0.2) is 8.42 Å². The van der Waals surface area contributed by atoms with Gasteiger partial charge in [0.2, 0.25) is 10.0 Å². The molecule has 0 spiro atoms. The molecule has 5 nitrogen and oxygen atoms in total. The maximum atomic E-state index is 13.2. The van der Waals surface area contributed by atoms with Crippen molar-refractivity contribution in [3.63, 3.8) is 0 Å². The summed E-state index contributed by atoms with van der Waals surface area (Å²) in [6, 6.07) is 9.52. The van der Waals surface area contributed by atoms with E-state index in [1.807, 2.05) is 38.1 Å². The fourth-order valence-corrected chi connectivity index (χ4v) is 5.25. The lowest BCUT2D eigenvalue weighted by Crippen LogP contribution is -2.36. The topological polar surface area (TPSA) is 55.8 Å². The number of ether oxygens (including phenoxy) is 2. The minimum absolute atomic E-state index is 0.363. The molecule has 0 atom stereocenters. The molecule has 2 heterocycles. The Hall–Kier alpha value is -2.05. The molecule has 138 valence electrons. The van der Waals surface area contributed by atoms with Gasteiger partial charge < -0.3 is 9.47 Å². The lowest BCUT2D eigenvalue weighted by atomic mass is 10.0. The van der Waals surface area contributed by atoms with Gasteiger partial charge in [0.1, 0.15) is 0 Å². The molecule has 0 unspecified atom stereocenters. The van der Waals surface area contributed by atoms with Gasteiger partial charge in [0.05, 0.1) is 18.1 Å². The number of aryl methyl sites for hydroxylation is 2. The van der Waals surface area contributed by atoms with E-state index < -0.39 is 10.0 Å². The smallest absolute Gasteiger partial charge is 0.243 e. The van der Waals surface area contributed by atoms with Crippen LogP contribution in [0, 0.1) is 13.8 Å². The number of rotatable bonds is 2. The molecule has 2 aliphatic rings. The van der Waals surface area contributed by atoms with Gasteiger partial charge in [-0.2, -0.15) is 4.31 Å². The minimum atomic E-state index is -3.53. The standard InChI is InChI=1S/C20H23NO4S/c1-14-4-5-15(2)20(10-14)26(22,23)21-7-6-16-11-18-19(12-17(16)13-21)25-9-3-8-24-18/h4-5,10-12H,3,6-9,13H2,1-2H3. The number of fused-ring (bicyclic) bond motifs is 2. The number of hydrogen-bond donors (Lipinski definition) is 0. The average Bonchev–Trinajstić information content (AvgIpc) is 2.86. The third kappa shape index (κ3) is 3.08. The van der Waals surface area contributed by atoms with E-state index >= 15 is 0 Å². The molecule has 2 aromatic carbocycles. The first-order valence-electron chi connectivity index (χ1n) is 8.94. The molecular formula is C20H23NO4S. The van der Waals surface area contributed by atoms with Crippen molar-refractivity contribution in [1.29, 1.82) is 0 Å². The van der Waals surface area contributed by atoms with Crippen LogP contribution in [-0.4, -0.2) is 32.5 Å². The van der Waals surface area contributed by atoms with E-state index in [-0.39, 0.29) is 0 Å². The highest BCUT2D eigenvalue weighted by Gasteiger charge is 2.30. The number of hydrogen-bond acceptors (Lipinski definition) is 4. The maximum absolute atomic E-state index is 13.2. The summed E-state index contributed by atoms with van der Waals surface area (Å²) in [7, 11) is -3.53. The van der Waals surface area contributed by atoms with E-state index in [1.165, 1.54) is 0 Å². The molecule has 26 heavy (non-hydrogen) atoms. The average molecular weight is 373 g/mol. The molecule has 0 aliphatic carbocycles. The Labute approximate surface area is 154 Å². The fraction of sp³-hybridized carbons (Fsp3) is 0.400. The molecule has 2 aromatic rings. The predicted octanol–water partition coefficient (Wildman–Crippen LogP) is 3.21. The monoisotopic (exact) mass is 373 g/mol. The van der Waals surface area contributed by atoms with Crippen LogP contribution in [0.25, 0.3) is 0 Å². The molecule has 0 fully saturated rings. The molecule has 0 amide bonds.